The molecule has 3 N–H and O–H groups in total. The quantitative estimate of drug-likeness (QED) is 0.458. The molecule has 0 aromatic heterocycles. The van der Waals surface area contributed by atoms with Crippen molar-refractivity contribution in [3.63, 3.8) is 0 Å². The molecule has 1 aromatic carbocycles. The van der Waals surface area contributed by atoms with Gasteiger partial charge in [0.25, 0.3) is 0 Å². The van der Waals surface area contributed by atoms with E-state index in [1.807, 2.05) is 44.2 Å². The van der Waals surface area contributed by atoms with E-state index in [1.165, 1.54) is 14.0 Å². The summed E-state index contributed by atoms with van der Waals surface area (Å²) in [5, 5.41) is 7.85. The zero-order valence-corrected chi connectivity index (χ0v) is 20.6. The van der Waals surface area contributed by atoms with E-state index in [0.717, 1.165) is 5.56 Å². The number of methoxy groups -OCH3 is 1. The molecule has 9 heteroatoms. The summed E-state index contributed by atoms with van der Waals surface area (Å²) in [6, 6.07) is 6.48. The Morgan fingerprint density at radius 1 is 0.939 bits per heavy atom. The zero-order valence-electron chi connectivity index (χ0n) is 20.6. The molecule has 4 unspecified atom stereocenters. The van der Waals surface area contributed by atoms with Crippen LogP contribution in [-0.4, -0.2) is 54.7 Å². The number of carbonyl (C=O) groups excluding carboxylic acids is 4. The van der Waals surface area contributed by atoms with E-state index in [0.29, 0.717) is 6.42 Å². The summed E-state index contributed by atoms with van der Waals surface area (Å²) in [6.45, 7) is 10.4. The van der Waals surface area contributed by atoms with Gasteiger partial charge in [0.15, 0.2) is 0 Å². The van der Waals surface area contributed by atoms with Crippen LogP contribution < -0.4 is 16.0 Å². The Morgan fingerprint density at radius 3 is 2.06 bits per heavy atom. The molecule has 0 bridgehead atoms. The van der Waals surface area contributed by atoms with Crippen molar-refractivity contribution < 1.29 is 28.7 Å². The third-order valence-corrected chi connectivity index (χ3v) is 5.00. The third kappa shape index (κ3) is 9.93. The van der Waals surface area contributed by atoms with Gasteiger partial charge in [-0.15, -0.1) is 0 Å². The molecule has 0 aliphatic heterocycles. The number of esters is 1. The Bertz CT molecular complexity index is 806. The highest BCUT2D eigenvalue weighted by Gasteiger charge is 2.32. The molecule has 0 spiro atoms. The number of hydrogen-bond donors (Lipinski definition) is 3. The van der Waals surface area contributed by atoms with Gasteiger partial charge in [0.05, 0.1) is 7.11 Å². The lowest BCUT2D eigenvalue weighted by Crippen LogP contribution is -2.57. The van der Waals surface area contributed by atoms with Gasteiger partial charge < -0.3 is 25.4 Å². The van der Waals surface area contributed by atoms with Gasteiger partial charge in [0.1, 0.15) is 23.7 Å². The van der Waals surface area contributed by atoms with Gasteiger partial charge in [0.2, 0.25) is 11.8 Å². The van der Waals surface area contributed by atoms with Crippen molar-refractivity contribution in [2.45, 2.75) is 78.1 Å². The van der Waals surface area contributed by atoms with Crippen LogP contribution >= 0.6 is 0 Å². The number of ether oxygens (including phenoxy) is 2. The van der Waals surface area contributed by atoms with E-state index in [4.69, 9.17) is 9.47 Å². The summed E-state index contributed by atoms with van der Waals surface area (Å²) in [4.78, 5) is 50.0. The molecule has 3 amide bonds. The predicted molar refractivity (Wildman–Crippen MR) is 124 cm³/mol. The van der Waals surface area contributed by atoms with Crippen LogP contribution in [0.4, 0.5) is 4.79 Å². The second-order valence-electron chi connectivity index (χ2n) is 9.01. The van der Waals surface area contributed by atoms with Gasteiger partial charge in [-0.3, -0.25) is 9.59 Å². The minimum absolute atomic E-state index is 0.224. The van der Waals surface area contributed by atoms with Crippen LogP contribution in [0.15, 0.2) is 30.3 Å². The molecule has 9 nitrogen and oxygen atoms in total. The lowest BCUT2D eigenvalue weighted by molar-refractivity contribution is -0.145. The first-order chi connectivity index (χ1) is 15.4. The second-order valence-corrected chi connectivity index (χ2v) is 9.01. The van der Waals surface area contributed by atoms with Crippen molar-refractivity contribution >= 4 is 23.9 Å². The molecule has 4 atom stereocenters. The Balaban J connectivity index is 2.90. The van der Waals surface area contributed by atoms with Gasteiger partial charge in [-0.1, -0.05) is 50.6 Å². The maximum Gasteiger partial charge on any atom is 0.408 e. The molecule has 184 valence electrons. The molecule has 33 heavy (non-hydrogen) atoms. The molecule has 1 aromatic rings. The number of carbonyl (C=O) groups is 4. The van der Waals surface area contributed by atoms with Crippen molar-refractivity contribution in [3.05, 3.63) is 35.9 Å². The molecule has 0 radical (unpaired) electrons. The minimum atomic E-state index is -0.931. The van der Waals surface area contributed by atoms with Crippen molar-refractivity contribution in [2.75, 3.05) is 7.11 Å². The van der Waals surface area contributed by atoms with E-state index in [9.17, 15) is 19.2 Å². The predicted octanol–water partition coefficient (Wildman–Crippen LogP) is 2.33. The number of hydrogen-bond acceptors (Lipinski definition) is 6. The summed E-state index contributed by atoms with van der Waals surface area (Å²) in [5.74, 6) is -1.86. The van der Waals surface area contributed by atoms with Gasteiger partial charge in [-0.25, -0.2) is 9.59 Å². The Kier molecular flexibility index (Phi) is 10.8. The highest BCUT2D eigenvalue weighted by Crippen LogP contribution is 2.11. The van der Waals surface area contributed by atoms with E-state index in [2.05, 4.69) is 16.0 Å². The van der Waals surface area contributed by atoms with Crippen LogP contribution in [0.2, 0.25) is 0 Å². The average molecular weight is 464 g/mol. The number of rotatable bonds is 10. The molecular weight excluding hydrogens is 426 g/mol. The van der Waals surface area contributed by atoms with Gasteiger partial charge in [-0.2, -0.15) is 0 Å². The van der Waals surface area contributed by atoms with E-state index < -0.39 is 47.6 Å². The molecule has 0 aliphatic rings. The molecule has 0 heterocycles. The standard InChI is InChI=1S/C24H37N3O6/c1-8-15(2)19(27-20(28)16(3)25-23(31)33-24(4,5)6)21(29)26-18(22(30)32-7)14-17-12-10-9-11-13-17/h9-13,15-16,18-19H,8,14H2,1-7H3,(H,25,31)(H,26,29)(H,27,28). The first-order valence-electron chi connectivity index (χ1n) is 11.1. The van der Waals surface area contributed by atoms with Crippen LogP contribution in [0.1, 0.15) is 53.5 Å². The SMILES string of the molecule is CCC(C)C(NC(=O)C(C)NC(=O)OC(C)(C)C)C(=O)NC(Cc1ccccc1)C(=O)OC. The van der Waals surface area contributed by atoms with Crippen molar-refractivity contribution in [3.8, 4) is 0 Å². The lowest BCUT2D eigenvalue weighted by Gasteiger charge is -2.27. The molecule has 0 aliphatic carbocycles. The topological polar surface area (TPSA) is 123 Å². The van der Waals surface area contributed by atoms with E-state index >= 15 is 0 Å². The maximum atomic E-state index is 13.1. The van der Waals surface area contributed by atoms with Crippen molar-refractivity contribution in [1.29, 1.82) is 0 Å². The molecular formula is C24H37N3O6. The lowest BCUT2D eigenvalue weighted by atomic mass is 9.97. The zero-order chi connectivity index (χ0) is 25.2. The number of alkyl carbamates (subject to hydrolysis) is 1. The van der Waals surface area contributed by atoms with Crippen LogP contribution in [0.5, 0.6) is 0 Å². The fourth-order valence-corrected chi connectivity index (χ4v) is 2.98. The second kappa shape index (κ2) is 12.8. The average Bonchev–Trinajstić information content (AvgIpc) is 2.74. The largest absolute Gasteiger partial charge is 0.467 e. The number of amides is 3. The fourth-order valence-electron chi connectivity index (χ4n) is 2.98. The first-order valence-corrected chi connectivity index (χ1v) is 11.1. The van der Waals surface area contributed by atoms with E-state index in [1.54, 1.807) is 20.8 Å². The van der Waals surface area contributed by atoms with Crippen LogP contribution in [0.3, 0.4) is 0 Å². The van der Waals surface area contributed by atoms with Crippen LogP contribution in [-0.2, 0) is 30.3 Å². The monoisotopic (exact) mass is 463 g/mol. The van der Waals surface area contributed by atoms with E-state index in [-0.39, 0.29) is 12.3 Å². The number of benzene rings is 1. The highest BCUT2D eigenvalue weighted by molar-refractivity contribution is 5.93. The first kappa shape index (κ1) is 27.9. The Labute approximate surface area is 196 Å². The minimum Gasteiger partial charge on any atom is -0.467 e. The maximum absolute atomic E-state index is 13.1. The molecule has 0 saturated heterocycles. The molecule has 0 fully saturated rings. The van der Waals surface area contributed by atoms with Crippen LogP contribution in [0, 0.1) is 5.92 Å². The van der Waals surface area contributed by atoms with Gasteiger partial charge >= 0.3 is 12.1 Å². The van der Waals surface area contributed by atoms with Crippen molar-refractivity contribution in [2.24, 2.45) is 5.92 Å². The molecule has 1 rings (SSSR count). The Morgan fingerprint density at radius 2 is 1.55 bits per heavy atom. The smallest absolute Gasteiger partial charge is 0.408 e. The van der Waals surface area contributed by atoms with Crippen LogP contribution in [0.25, 0.3) is 0 Å². The number of nitrogens with one attached hydrogen (secondary N) is 3. The summed E-state index contributed by atoms with van der Waals surface area (Å²) in [6.07, 6.45) is 0.119. The fraction of sp³-hybridized carbons (Fsp3) is 0.583. The normalized spacial score (nSPS) is 14.8. The van der Waals surface area contributed by atoms with Gasteiger partial charge in [-0.05, 0) is 39.2 Å². The highest BCUT2D eigenvalue weighted by atomic mass is 16.6. The summed E-state index contributed by atoms with van der Waals surface area (Å²) in [7, 11) is 1.25. The molecule has 0 saturated carbocycles. The summed E-state index contributed by atoms with van der Waals surface area (Å²) < 4.78 is 10.0. The summed E-state index contributed by atoms with van der Waals surface area (Å²) >= 11 is 0. The third-order valence-electron chi connectivity index (χ3n) is 5.00. The van der Waals surface area contributed by atoms with Gasteiger partial charge in [0, 0.05) is 6.42 Å². The Hall–Kier alpha value is -3.10. The summed E-state index contributed by atoms with van der Waals surface area (Å²) in [5.41, 5.74) is 0.147. The van der Waals surface area contributed by atoms with Crippen molar-refractivity contribution in [1.82, 2.24) is 16.0 Å².